The Hall–Kier alpha value is -3.91. The van der Waals surface area contributed by atoms with Gasteiger partial charge in [-0.15, -0.1) is 0 Å². The predicted octanol–water partition coefficient (Wildman–Crippen LogP) is 4.75. The van der Waals surface area contributed by atoms with Crippen molar-refractivity contribution >= 4 is 44.0 Å². The minimum Gasteiger partial charge on any atom is -0.358 e. The average molecular weight is 614 g/mol. The first-order valence-corrected chi connectivity index (χ1v) is 15.9. The third kappa shape index (κ3) is 5.60. The van der Waals surface area contributed by atoms with Gasteiger partial charge in [0.1, 0.15) is 23.4 Å². The van der Waals surface area contributed by atoms with Gasteiger partial charge in [-0.1, -0.05) is 6.07 Å². The molecule has 2 atom stereocenters. The zero-order chi connectivity index (χ0) is 30.7. The van der Waals surface area contributed by atoms with Crippen LogP contribution in [0.4, 0.5) is 25.8 Å². The molecule has 2 aliphatic rings. The highest BCUT2D eigenvalue weighted by Crippen LogP contribution is 2.49. The minimum atomic E-state index is -3.66. The maximum Gasteiger partial charge on any atom is 0.258 e. The summed E-state index contributed by atoms with van der Waals surface area (Å²) in [5.74, 6) is -4.20. The Kier molecular flexibility index (Phi) is 7.24. The van der Waals surface area contributed by atoms with Gasteiger partial charge in [-0.05, 0) is 44.4 Å². The van der Waals surface area contributed by atoms with E-state index in [0.717, 1.165) is 36.8 Å². The zero-order valence-electron chi connectivity index (χ0n) is 24.3. The van der Waals surface area contributed by atoms with Crippen molar-refractivity contribution in [3.05, 3.63) is 48.3 Å². The van der Waals surface area contributed by atoms with Crippen LogP contribution in [0, 0.1) is 12.8 Å². The van der Waals surface area contributed by atoms with Gasteiger partial charge >= 0.3 is 0 Å². The summed E-state index contributed by atoms with van der Waals surface area (Å²) < 4.78 is 63.7. The monoisotopic (exact) mass is 613 g/mol. The molecule has 4 heterocycles. The number of fused-ring (bicyclic) bond motifs is 1. The molecule has 14 heteroatoms. The van der Waals surface area contributed by atoms with Crippen molar-refractivity contribution in [3.63, 3.8) is 0 Å². The number of benzene rings is 1. The first-order chi connectivity index (χ1) is 20.3. The molecule has 1 aromatic carbocycles. The summed E-state index contributed by atoms with van der Waals surface area (Å²) in [5, 5.41) is 3.33. The number of rotatable bonds is 9. The quantitative estimate of drug-likeness (QED) is 0.287. The molecule has 3 aromatic heterocycles. The Bertz CT molecular complexity index is 1830. The number of halogens is 2. The lowest BCUT2D eigenvalue weighted by Crippen LogP contribution is -2.25. The number of pyridine rings is 1. The minimum absolute atomic E-state index is 0.268. The Morgan fingerprint density at radius 2 is 1.98 bits per heavy atom. The molecular formula is C29H33F2N7O4S. The summed E-state index contributed by atoms with van der Waals surface area (Å²) in [6.45, 7) is 2.43. The van der Waals surface area contributed by atoms with Crippen molar-refractivity contribution in [3.8, 4) is 11.3 Å². The fourth-order valence-corrected chi connectivity index (χ4v) is 6.07. The Labute approximate surface area is 247 Å². The molecule has 1 saturated carbocycles. The second-order valence-corrected chi connectivity index (χ2v) is 13.3. The van der Waals surface area contributed by atoms with E-state index in [-0.39, 0.29) is 12.6 Å². The van der Waals surface area contributed by atoms with Crippen LogP contribution in [0.5, 0.6) is 0 Å². The van der Waals surface area contributed by atoms with Gasteiger partial charge in [0.15, 0.2) is 5.65 Å². The number of nitrogens with one attached hydrogen (secondary N) is 1. The van der Waals surface area contributed by atoms with Crippen LogP contribution in [0.2, 0.25) is 0 Å². The van der Waals surface area contributed by atoms with Gasteiger partial charge in [0, 0.05) is 39.1 Å². The lowest BCUT2D eigenvalue weighted by atomic mass is 10.1. The number of aryl methyl sites for hydroxylation is 2. The molecular weight excluding hydrogens is 580 g/mol. The highest BCUT2D eigenvalue weighted by Gasteiger charge is 2.60. The molecule has 0 bridgehead atoms. The molecule has 0 amide bonds. The molecule has 4 aromatic rings. The zero-order valence-corrected chi connectivity index (χ0v) is 25.2. The highest BCUT2D eigenvalue weighted by atomic mass is 32.2. The van der Waals surface area contributed by atoms with Gasteiger partial charge in [0.2, 0.25) is 10.0 Å². The van der Waals surface area contributed by atoms with E-state index < -0.39 is 34.1 Å². The van der Waals surface area contributed by atoms with Gasteiger partial charge < -0.3 is 14.6 Å². The van der Waals surface area contributed by atoms with Crippen LogP contribution in [0.25, 0.3) is 22.4 Å². The van der Waals surface area contributed by atoms with Crippen LogP contribution in [-0.4, -0.2) is 64.1 Å². The second-order valence-electron chi connectivity index (χ2n) is 11.3. The first kappa shape index (κ1) is 29.2. The second kappa shape index (κ2) is 10.7. The SMILES string of the molecule is Cc1nc2c(Nc3ccc(-c4cncn4C)cc3N(C)S(C)(=O)=O)cc(CC(=O)C3CC3(F)F)nc2n1C1CCCCO1. The lowest BCUT2D eigenvalue weighted by molar-refractivity contribution is -0.121. The number of carbonyl (C=O) groups excluding carboxylic acids is 1. The molecule has 1 aliphatic carbocycles. The summed E-state index contributed by atoms with van der Waals surface area (Å²) in [7, 11) is -0.350. The number of carbonyl (C=O) groups is 1. The Morgan fingerprint density at radius 3 is 2.60 bits per heavy atom. The number of Topliss-reactive ketones (excluding diaryl/α,β-unsaturated/α-hetero) is 1. The summed E-state index contributed by atoms with van der Waals surface area (Å²) in [4.78, 5) is 26.4. The molecule has 228 valence electrons. The molecule has 1 saturated heterocycles. The molecule has 1 N–H and O–H groups in total. The summed E-state index contributed by atoms with van der Waals surface area (Å²) >= 11 is 0. The van der Waals surface area contributed by atoms with Crippen LogP contribution < -0.4 is 9.62 Å². The van der Waals surface area contributed by atoms with Gasteiger partial charge in [-0.3, -0.25) is 13.7 Å². The van der Waals surface area contributed by atoms with E-state index in [1.165, 1.54) is 11.4 Å². The standard InChI is InChI=1S/C29H33F2N7O4S/c1-17-33-27-22(35-21-9-8-18(24-15-32-16-36(24)2)11-23(21)37(3)43(4,40)41)12-19(13-25(39)20-14-29(20,30)31)34-28(27)38(17)26-7-5-6-10-42-26/h8-9,11-12,15-16,20,26H,5-7,10,13-14H2,1-4H3,(H,34,35). The van der Waals surface area contributed by atoms with E-state index in [4.69, 9.17) is 14.7 Å². The summed E-state index contributed by atoms with van der Waals surface area (Å²) in [5.41, 5.74) is 4.09. The molecule has 2 unspecified atom stereocenters. The molecule has 6 rings (SSSR count). The third-order valence-electron chi connectivity index (χ3n) is 8.11. The summed E-state index contributed by atoms with van der Waals surface area (Å²) in [6, 6.07) is 6.97. The third-order valence-corrected chi connectivity index (χ3v) is 9.30. The predicted molar refractivity (Wildman–Crippen MR) is 158 cm³/mol. The fraction of sp³-hybridized carbons (Fsp3) is 0.448. The largest absolute Gasteiger partial charge is 0.358 e. The number of hydrogen-bond donors (Lipinski definition) is 1. The van der Waals surface area contributed by atoms with Crippen molar-refractivity contribution < 1.29 is 26.7 Å². The van der Waals surface area contributed by atoms with E-state index in [0.29, 0.717) is 46.4 Å². The summed E-state index contributed by atoms with van der Waals surface area (Å²) in [6.07, 6.45) is 6.11. The topological polar surface area (TPSA) is 124 Å². The highest BCUT2D eigenvalue weighted by molar-refractivity contribution is 7.92. The van der Waals surface area contributed by atoms with Crippen LogP contribution in [0.15, 0.2) is 36.8 Å². The number of nitrogens with zero attached hydrogens (tertiary/aromatic N) is 6. The Morgan fingerprint density at radius 1 is 1.21 bits per heavy atom. The molecule has 0 radical (unpaired) electrons. The number of alkyl halides is 2. The maximum atomic E-state index is 13.7. The number of anilines is 3. The van der Waals surface area contributed by atoms with Gasteiger partial charge in [-0.2, -0.15) is 0 Å². The number of imidazole rings is 2. The molecule has 0 spiro atoms. The number of hydrogen-bond acceptors (Lipinski definition) is 8. The molecule has 43 heavy (non-hydrogen) atoms. The van der Waals surface area contributed by atoms with E-state index in [1.54, 1.807) is 30.7 Å². The van der Waals surface area contributed by atoms with E-state index in [2.05, 4.69) is 10.3 Å². The van der Waals surface area contributed by atoms with E-state index in [1.807, 2.05) is 29.2 Å². The molecule has 2 fully saturated rings. The van der Waals surface area contributed by atoms with Gasteiger partial charge in [0.05, 0.1) is 53.1 Å². The Balaban J connectivity index is 1.47. The average Bonchev–Trinajstić information content (AvgIpc) is 3.23. The number of aromatic nitrogens is 5. The first-order valence-electron chi connectivity index (χ1n) is 14.1. The van der Waals surface area contributed by atoms with Gasteiger partial charge in [0.25, 0.3) is 5.92 Å². The van der Waals surface area contributed by atoms with Crippen LogP contribution in [0.1, 0.15) is 43.4 Å². The number of ether oxygens (including phenoxy) is 1. The van der Waals surface area contributed by atoms with Crippen molar-refractivity contribution in [2.45, 2.75) is 51.2 Å². The number of ketones is 1. The fourth-order valence-electron chi connectivity index (χ4n) is 5.56. The van der Waals surface area contributed by atoms with E-state index >= 15 is 0 Å². The van der Waals surface area contributed by atoms with Crippen molar-refractivity contribution in [2.24, 2.45) is 13.0 Å². The normalized spacial score (nSPS) is 19.9. The van der Waals surface area contributed by atoms with Crippen LogP contribution in [-0.2, 0) is 33.0 Å². The van der Waals surface area contributed by atoms with E-state index in [9.17, 15) is 22.0 Å². The van der Waals surface area contributed by atoms with Gasteiger partial charge in [-0.25, -0.2) is 32.2 Å². The maximum absolute atomic E-state index is 13.7. The smallest absolute Gasteiger partial charge is 0.258 e. The van der Waals surface area contributed by atoms with Crippen LogP contribution >= 0.6 is 0 Å². The van der Waals surface area contributed by atoms with Crippen LogP contribution in [0.3, 0.4) is 0 Å². The molecule has 1 aliphatic heterocycles. The van der Waals surface area contributed by atoms with Crippen molar-refractivity contribution in [2.75, 3.05) is 29.5 Å². The lowest BCUT2D eigenvalue weighted by Gasteiger charge is -2.25. The van der Waals surface area contributed by atoms with Crippen molar-refractivity contribution in [1.82, 2.24) is 24.1 Å². The molecule has 11 nitrogen and oxygen atoms in total. The van der Waals surface area contributed by atoms with Crippen molar-refractivity contribution in [1.29, 1.82) is 0 Å². The number of sulfonamides is 1.